The number of hydrogen-bond donors (Lipinski definition) is 1. The van der Waals surface area contributed by atoms with Crippen LogP contribution in [0.1, 0.15) is 42.9 Å². The van der Waals surface area contributed by atoms with Crippen molar-refractivity contribution in [3.8, 4) is 5.69 Å². The Kier molecular flexibility index (Phi) is 4.27. The molecule has 1 saturated heterocycles. The van der Waals surface area contributed by atoms with Gasteiger partial charge in [-0.15, -0.1) is 0 Å². The second-order valence-corrected chi connectivity index (χ2v) is 7.06. The fraction of sp³-hybridized carbons (Fsp3) is 0.526. The number of anilines is 1. The van der Waals surface area contributed by atoms with Crippen LogP contribution in [0.4, 0.5) is 10.2 Å². The quantitative estimate of drug-likeness (QED) is 0.915. The first-order valence-electron chi connectivity index (χ1n) is 9.02. The molecule has 24 heavy (non-hydrogen) atoms. The number of benzene rings is 1. The van der Waals surface area contributed by atoms with E-state index in [9.17, 15) is 4.39 Å². The van der Waals surface area contributed by atoms with E-state index in [2.05, 4.69) is 17.3 Å². The number of aromatic nitrogens is 2. The predicted molar refractivity (Wildman–Crippen MR) is 94.4 cm³/mol. The molecule has 1 fully saturated rings. The van der Waals surface area contributed by atoms with Crippen molar-refractivity contribution in [2.24, 2.45) is 0 Å². The highest BCUT2D eigenvalue weighted by Gasteiger charge is 2.28. The highest BCUT2D eigenvalue weighted by atomic mass is 19.1. The summed E-state index contributed by atoms with van der Waals surface area (Å²) < 4.78 is 15.3. The number of piperidine rings is 1. The summed E-state index contributed by atoms with van der Waals surface area (Å²) in [5, 5.41) is 8.57. The van der Waals surface area contributed by atoms with Crippen LogP contribution in [0.25, 0.3) is 5.69 Å². The SMILES string of the molecule is CN1CCC(c2nn(-c3ccc(F)cc3)c3c2CCCCN3)CC1. The molecule has 3 heterocycles. The average molecular weight is 328 g/mol. The second-order valence-electron chi connectivity index (χ2n) is 7.06. The lowest BCUT2D eigenvalue weighted by Gasteiger charge is -2.28. The number of halogens is 1. The number of fused-ring (bicyclic) bond motifs is 1. The van der Waals surface area contributed by atoms with Gasteiger partial charge in [0.15, 0.2) is 0 Å². The van der Waals surface area contributed by atoms with E-state index in [0.717, 1.165) is 37.6 Å². The summed E-state index contributed by atoms with van der Waals surface area (Å²) in [7, 11) is 2.19. The third kappa shape index (κ3) is 2.93. The molecule has 0 atom stereocenters. The fourth-order valence-electron chi connectivity index (χ4n) is 3.91. The molecule has 2 aromatic rings. The van der Waals surface area contributed by atoms with Crippen molar-refractivity contribution in [3.05, 3.63) is 41.3 Å². The Hall–Kier alpha value is -1.88. The number of likely N-dealkylation sites (tertiary alicyclic amines) is 1. The molecular formula is C19H25FN4. The Labute approximate surface area is 142 Å². The van der Waals surface area contributed by atoms with Crippen molar-refractivity contribution in [3.63, 3.8) is 0 Å². The smallest absolute Gasteiger partial charge is 0.133 e. The predicted octanol–water partition coefficient (Wildman–Crippen LogP) is 3.57. The third-order valence-electron chi connectivity index (χ3n) is 5.34. The van der Waals surface area contributed by atoms with E-state index >= 15 is 0 Å². The van der Waals surface area contributed by atoms with Crippen LogP contribution in [0.3, 0.4) is 0 Å². The number of nitrogens with one attached hydrogen (secondary N) is 1. The topological polar surface area (TPSA) is 33.1 Å². The minimum Gasteiger partial charge on any atom is -0.370 e. The molecule has 1 aromatic heterocycles. The molecule has 1 aromatic carbocycles. The Bertz CT molecular complexity index is 699. The lowest BCUT2D eigenvalue weighted by molar-refractivity contribution is 0.252. The standard InChI is InChI=1S/C19H25FN4/c1-23-12-9-14(10-13-23)18-17-4-2-3-11-21-19(17)24(22-18)16-7-5-15(20)6-8-16/h5-8,14,21H,2-4,9-13H2,1H3. The van der Waals surface area contributed by atoms with Crippen molar-refractivity contribution < 1.29 is 4.39 Å². The average Bonchev–Trinajstić information content (AvgIpc) is 2.78. The van der Waals surface area contributed by atoms with E-state index in [4.69, 9.17) is 5.10 Å². The van der Waals surface area contributed by atoms with Crippen LogP contribution in [-0.4, -0.2) is 41.4 Å². The summed E-state index contributed by atoms with van der Waals surface area (Å²) in [4.78, 5) is 2.39. The van der Waals surface area contributed by atoms with Gasteiger partial charge < -0.3 is 10.2 Å². The van der Waals surface area contributed by atoms with E-state index in [0.29, 0.717) is 5.92 Å². The van der Waals surface area contributed by atoms with E-state index in [1.807, 2.05) is 16.8 Å². The molecule has 4 rings (SSSR count). The van der Waals surface area contributed by atoms with Gasteiger partial charge in [0.05, 0.1) is 11.4 Å². The van der Waals surface area contributed by atoms with E-state index < -0.39 is 0 Å². The molecular weight excluding hydrogens is 303 g/mol. The lowest BCUT2D eigenvalue weighted by Crippen LogP contribution is -2.29. The maximum Gasteiger partial charge on any atom is 0.133 e. The molecule has 4 nitrogen and oxygen atoms in total. The molecule has 2 aliphatic rings. The van der Waals surface area contributed by atoms with Crippen molar-refractivity contribution >= 4 is 5.82 Å². The molecule has 2 aliphatic heterocycles. The summed E-state index contributed by atoms with van der Waals surface area (Å²) in [6, 6.07) is 6.64. The van der Waals surface area contributed by atoms with Gasteiger partial charge in [-0.3, -0.25) is 0 Å². The lowest BCUT2D eigenvalue weighted by atomic mass is 9.90. The number of rotatable bonds is 2. The zero-order chi connectivity index (χ0) is 16.5. The van der Waals surface area contributed by atoms with Crippen LogP contribution in [0.15, 0.2) is 24.3 Å². The molecule has 0 radical (unpaired) electrons. The zero-order valence-corrected chi connectivity index (χ0v) is 14.3. The highest BCUT2D eigenvalue weighted by molar-refractivity contribution is 5.55. The zero-order valence-electron chi connectivity index (χ0n) is 14.3. The van der Waals surface area contributed by atoms with E-state index in [1.54, 1.807) is 0 Å². The van der Waals surface area contributed by atoms with Crippen LogP contribution >= 0.6 is 0 Å². The third-order valence-corrected chi connectivity index (χ3v) is 5.34. The summed E-state index contributed by atoms with van der Waals surface area (Å²) in [5.41, 5.74) is 3.57. The Morgan fingerprint density at radius 3 is 2.62 bits per heavy atom. The van der Waals surface area contributed by atoms with Crippen LogP contribution in [-0.2, 0) is 6.42 Å². The van der Waals surface area contributed by atoms with E-state index in [-0.39, 0.29) is 5.82 Å². The summed E-state index contributed by atoms with van der Waals surface area (Å²) in [6.45, 7) is 3.25. The number of nitrogens with zero attached hydrogens (tertiary/aromatic N) is 3. The normalized spacial score (nSPS) is 19.6. The van der Waals surface area contributed by atoms with Crippen molar-refractivity contribution in [2.75, 3.05) is 32.0 Å². The molecule has 128 valence electrons. The monoisotopic (exact) mass is 328 g/mol. The van der Waals surface area contributed by atoms with Gasteiger partial charge in [-0.1, -0.05) is 0 Å². The van der Waals surface area contributed by atoms with Crippen LogP contribution in [0.5, 0.6) is 0 Å². The molecule has 0 saturated carbocycles. The maximum absolute atomic E-state index is 13.3. The first kappa shape index (κ1) is 15.6. The minimum atomic E-state index is -0.208. The molecule has 0 spiro atoms. The molecule has 0 amide bonds. The molecule has 5 heteroatoms. The van der Waals surface area contributed by atoms with Gasteiger partial charge in [0.1, 0.15) is 11.6 Å². The van der Waals surface area contributed by atoms with Gasteiger partial charge >= 0.3 is 0 Å². The Morgan fingerprint density at radius 2 is 1.88 bits per heavy atom. The van der Waals surface area contributed by atoms with Gasteiger partial charge in [0, 0.05) is 18.0 Å². The number of hydrogen-bond acceptors (Lipinski definition) is 3. The van der Waals surface area contributed by atoms with Crippen LogP contribution in [0, 0.1) is 5.82 Å². The minimum absolute atomic E-state index is 0.208. The van der Waals surface area contributed by atoms with Gasteiger partial charge in [-0.25, -0.2) is 9.07 Å². The molecule has 1 N–H and O–H groups in total. The van der Waals surface area contributed by atoms with Gasteiger partial charge in [0.25, 0.3) is 0 Å². The van der Waals surface area contributed by atoms with Crippen molar-refractivity contribution in [1.82, 2.24) is 14.7 Å². The summed E-state index contributed by atoms with van der Waals surface area (Å²) >= 11 is 0. The van der Waals surface area contributed by atoms with Gasteiger partial charge in [-0.05, 0) is 76.5 Å². The largest absolute Gasteiger partial charge is 0.370 e. The Morgan fingerprint density at radius 1 is 1.12 bits per heavy atom. The van der Waals surface area contributed by atoms with Crippen LogP contribution < -0.4 is 5.32 Å². The first-order chi connectivity index (χ1) is 11.7. The fourth-order valence-corrected chi connectivity index (χ4v) is 3.91. The van der Waals surface area contributed by atoms with Gasteiger partial charge in [-0.2, -0.15) is 5.10 Å². The molecule has 0 aliphatic carbocycles. The van der Waals surface area contributed by atoms with Crippen molar-refractivity contribution in [1.29, 1.82) is 0 Å². The maximum atomic E-state index is 13.3. The summed E-state index contributed by atoms with van der Waals surface area (Å²) in [5.74, 6) is 1.45. The van der Waals surface area contributed by atoms with Crippen molar-refractivity contribution in [2.45, 2.75) is 38.0 Å². The highest BCUT2D eigenvalue weighted by Crippen LogP contribution is 2.36. The molecule has 0 bridgehead atoms. The van der Waals surface area contributed by atoms with Gasteiger partial charge in [0.2, 0.25) is 0 Å². The van der Waals surface area contributed by atoms with Crippen LogP contribution in [0.2, 0.25) is 0 Å². The second kappa shape index (κ2) is 6.55. The summed E-state index contributed by atoms with van der Waals surface area (Å²) in [6.07, 6.45) is 5.82. The molecule has 0 unspecified atom stereocenters. The first-order valence-corrected chi connectivity index (χ1v) is 9.02. The van der Waals surface area contributed by atoms with E-state index in [1.165, 1.54) is 49.1 Å². The Balaban J connectivity index is 1.75.